The quantitative estimate of drug-likeness (QED) is 0.846. The third-order valence-corrected chi connectivity index (χ3v) is 5.58. The van der Waals surface area contributed by atoms with Crippen molar-refractivity contribution in [3.8, 4) is 0 Å². The Hall–Kier alpha value is -0.260. The van der Waals surface area contributed by atoms with Crippen molar-refractivity contribution in [1.29, 1.82) is 0 Å². The van der Waals surface area contributed by atoms with Crippen LogP contribution in [0.4, 0.5) is 4.39 Å². The molecule has 0 aromatic heterocycles. The summed E-state index contributed by atoms with van der Waals surface area (Å²) in [7, 11) is -1.43. The van der Waals surface area contributed by atoms with Gasteiger partial charge in [-0.25, -0.2) is 4.39 Å². The molecular weight excluding hydrogens is 307 g/mol. The van der Waals surface area contributed by atoms with Crippen LogP contribution >= 0.6 is 15.9 Å². The van der Waals surface area contributed by atoms with Gasteiger partial charge in [0.25, 0.3) is 0 Å². The van der Waals surface area contributed by atoms with Crippen molar-refractivity contribution in [3.05, 3.63) is 29.8 Å². The molecule has 0 aliphatic carbocycles. The number of halogens is 2. The Morgan fingerprint density at radius 2 is 2.00 bits per heavy atom. The van der Waals surface area contributed by atoms with E-state index in [1.165, 1.54) is 0 Å². The molecule has 96 valence electrons. The predicted molar refractivity (Wildman–Crippen MR) is 71.8 cm³/mol. The Kier molecular flexibility index (Phi) is 5.28. The molecule has 1 N–H and O–H groups in total. The summed E-state index contributed by atoms with van der Waals surface area (Å²) >= 11 is 3.06. The van der Waals surface area contributed by atoms with Gasteiger partial charge in [0.15, 0.2) is 0 Å². The molecule has 1 rings (SSSR count). The van der Waals surface area contributed by atoms with E-state index in [0.717, 1.165) is 5.56 Å². The van der Waals surface area contributed by atoms with Crippen LogP contribution in [0.2, 0.25) is 0 Å². The first-order chi connectivity index (χ1) is 7.94. The van der Waals surface area contributed by atoms with Crippen molar-refractivity contribution in [3.63, 3.8) is 0 Å². The maximum Gasteiger partial charge on any atom is 0.120 e. The smallest absolute Gasteiger partial charge is 0.120 e. The van der Waals surface area contributed by atoms with Crippen molar-refractivity contribution >= 4 is 26.7 Å². The molecule has 0 bridgehead atoms. The molecule has 3 atom stereocenters. The summed E-state index contributed by atoms with van der Waals surface area (Å²) in [5.74, 6) is 0. The fourth-order valence-corrected chi connectivity index (χ4v) is 3.54. The van der Waals surface area contributed by atoms with Crippen molar-refractivity contribution < 1.29 is 13.7 Å². The van der Waals surface area contributed by atoms with Crippen LogP contribution in [0.3, 0.4) is 0 Å². The molecule has 0 fully saturated rings. The standard InChI is InChI=1S/C12H16BrFO2S/c1-9-3-5-11(6-4-9)17(16)10(2)12(15,7-13)8-14/h3-6,10,15H,7-8H2,1-2H3/t10-,12-,17+/m0/s1. The molecule has 0 amide bonds. The first kappa shape index (κ1) is 14.8. The van der Waals surface area contributed by atoms with E-state index in [2.05, 4.69) is 15.9 Å². The van der Waals surface area contributed by atoms with Crippen molar-refractivity contribution in [2.24, 2.45) is 0 Å². The van der Waals surface area contributed by atoms with E-state index in [0.29, 0.717) is 4.90 Å². The fourth-order valence-electron chi connectivity index (χ4n) is 1.33. The Morgan fingerprint density at radius 3 is 2.41 bits per heavy atom. The number of benzene rings is 1. The summed E-state index contributed by atoms with van der Waals surface area (Å²) in [6.07, 6.45) is 0. The van der Waals surface area contributed by atoms with Crippen LogP contribution in [0.5, 0.6) is 0 Å². The zero-order chi connectivity index (χ0) is 13.1. The van der Waals surface area contributed by atoms with Gasteiger partial charge in [0, 0.05) is 10.2 Å². The Balaban J connectivity index is 2.93. The van der Waals surface area contributed by atoms with Crippen LogP contribution in [0.1, 0.15) is 12.5 Å². The lowest BCUT2D eigenvalue weighted by molar-refractivity contribution is 0.0401. The minimum Gasteiger partial charge on any atom is -0.385 e. The van der Waals surface area contributed by atoms with E-state index in [1.54, 1.807) is 19.1 Å². The fraction of sp³-hybridized carbons (Fsp3) is 0.500. The third-order valence-electron chi connectivity index (χ3n) is 2.79. The van der Waals surface area contributed by atoms with Crippen LogP contribution in [0.15, 0.2) is 29.2 Å². The maximum absolute atomic E-state index is 12.8. The summed E-state index contributed by atoms with van der Waals surface area (Å²) in [5.41, 5.74) is -0.518. The number of alkyl halides is 2. The third kappa shape index (κ3) is 3.36. The SMILES string of the molecule is Cc1ccc([S@](=O)[C@@H](C)[C@@](O)(CF)CBr)cc1. The second-order valence-electron chi connectivity index (χ2n) is 4.12. The van der Waals surface area contributed by atoms with E-state index in [1.807, 2.05) is 19.1 Å². The lowest BCUT2D eigenvalue weighted by Gasteiger charge is -2.28. The van der Waals surface area contributed by atoms with Gasteiger partial charge in [-0.15, -0.1) is 0 Å². The molecule has 0 spiro atoms. The van der Waals surface area contributed by atoms with Crippen LogP contribution in [-0.4, -0.2) is 32.2 Å². The zero-order valence-corrected chi connectivity index (χ0v) is 12.2. The zero-order valence-electron chi connectivity index (χ0n) is 9.82. The lowest BCUT2D eigenvalue weighted by atomic mass is 10.1. The first-order valence-electron chi connectivity index (χ1n) is 5.26. The van der Waals surface area contributed by atoms with Crippen LogP contribution in [0, 0.1) is 6.92 Å². The highest BCUT2D eigenvalue weighted by Crippen LogP contribution is 2.23. The van der Waals surface area contributed by atoms with Crippen LogP contribution < -0.4 is 0 Å². The minimum atomic E-state index is -1.59. The van der Waals surface area contributed by atoms with Crippen molar-refractivity contribution in [2.45, 2.75) is 29.6 Å². The van der Waals surface area contributed by atoms with Gasteiger partial charge in [-0.3, -0.25) is 4.21 Å². The highest BCUT2D eigenvalue weighted by molar-refractivity contribution is 9.09. The van der Waals surface area contributed by atoms with Gasteiger partial charge in [-0.05, 0) is 26.0 Å². The topological polar surface area (TPSA) is 37.3 Å². The molecule has 0 aliphatic rings. The Bertz CT molecular complexity index is 390. The number of aryl methyl sites for hydroxylation is 1. The minimum absolute atomic E-state index is 0.0648. The molecule has 0 radical (unpaired) electrons. The molecule has 0 aliphatic heterocycles. The molecule has 5 heteroatoms. The molecule has 1 aromatic carbocycles. The highest BCUT2D eigenvalue weighted by Gasteiger charge is 2.37. The number of rotatable bonds is 5. The van der Waals surface area contributed by atoms with Gasteiger partial charge in [-0.1, -0.05) is 33.6 Å². The van der Waals surface area contributed by atoms with E-state index in [-0.39, 0.29) is 5.33 Å². The van der Waals surface area contributed by atoms with Gasteiger partial charge < -0.3 is 5.11 Å². The van der Waals surface area contributed by atoms with Gasteiger partial charge >= 0.3 is 0 Å². The number of hydrogen-bond donors (Lipinski definition) is 1. The van der Waals surface area contributed by atoms with Gasteiger partial charge in [0.2, 0.25) is 0 Å². The molecular formula is C12H16BrFO2S. The summed E-state index contributed by atoms with van der Waals surface area (Å²) in [5, 5.41) is 9.36. The highest BCUT2D eigenvalue weighted by atomic mass is 79.9. The molecule has 2 nitrogen and oxygen atoms in total. The first-order valence-corrected chi connectivity index (χ1v) is 7.59. The normalized spacial score (nSPS) is 18.4. The largest absolute Gasteiger partial charge is 0.385 e. The summed E-state index contributed by atoms with van der Waals surface area (Å²) in [6.45, 7) is 2.61. The Morgan fingerprint density at radius 1 is 1.47 bits per heavy atom. The molecule has 1 aromatic rings. The monoisotopic (exact) mass is 322 g/mol. The molecule has 0 saturated carbocycles. The van der Waals surface area contributed by atoms with Crippen molar-refractivity contribution in [2.75, 3.05) is 12.0 Å². The molecule has 0 saturated heterocycles. The van der Waals surface area contributed by atoms with E-state index < -0.39 is 28.3 Å². The van der Waals surface area contributed by atoms with E-state index >= 15 is 0 Å². The second kappa shape index (κ2) is 6.07. The maximum atomic E-state index is 12.8. The summed E-state index contributed by atoms with van der Waals surface area (Å²) in [6, 6.07) is 7.19. The van der Waals surface area contributed by atoms with E-state index in [4.69, 9.17) is 0 Å². The van der Waals surface area contributed by atoms with Gasteiger partial charge in [0.1, 0.15) is 12.3 Å². The van der Waals surface area contributed by atoms with Gasteiger partial charge in [0.05, 0.1) is 16.0 Å². The van der Waals surface area contributed by atoms with Crippen LogP contribution in [-0.2, 0) is 10.8 Å². The Labute approximate surface area is 112 Å². The average Bonchev–Trinajstić information content (AvgIpc) is 2.37. The molecule has 0 heterocycles. The van der Waals surface area contributed by atoms with Gasteiger partial charge in [-0.2, -0.15) is 0 Å². The number of hydrogen-bond acceptors (Lipinski definition) is 2. The second-order valence-corrected chi connectivity index (χ2v) is 6.46. The predicted octanol–water partition coefficient (Wildman–Crippen LogP) is 2.59. The summed E-state index contributed by atoms with van der Waals surface area (Å²) in [4.78, 5) is 0.607. The summed E-state index contributed by atoms with van der Waals surface area (Å²) < 4.78 is 25.0. The molecule has 17 heavy (non-hydrogen) atoms. The lowest BCUT2D eigenvalue weighted by Crippen LogP contribution is -2.46. The van der Waals surface area contributed by atoms with Crippen molar-refractivity contribution in [1.82, 2.24) is 0 Å². The van der Waals surface area contributed by atoms with E-state index in [9.17, 15) is 13.7 Å². The number of aliphatic hydroxyl groups is 1. The van der Waals surface area contributed by atoms with Crippen LogP contribution in [0.25, 0.3) is 0 Å². The molecule has 0 unspecified atom stereocenters. The average molecular weight is 323 g/mol.